The van der Waals surface area contributed by atoms with Gasteiger partial charge in [0.15, 0.2) is 0 Å². The zero-order chi connectivity index (χ0) is 18.0. The third-order valence-corrected chi connectivity index (χ3v) is 6.29. The fourth-order valence-electron chi connectivity index (χ4n) is 5.29. The quantitative estimate of drug-likeness (QED) is 0.339. The van der Waals surface area contributed by atoms with Crippen LogP contribution in [0.15, 0.2) is 85.0 Å². The minimum atomic E-state index is 0. The predicted octanol–water partition coefficient (Wildman–Crippen LogP) is 1.44. The molecule has 0 nitrogen and oxygen atoms in total. The molecule has 0 fully saturated rings. The van der Waals surface area contributed by atoms with Gasteiger partial charge in [-0.05, 0) is 47.9 Å². The maximum absolute atomic E-state index is 4.03. The standard InChI is InChI=1S/C26H28.2ClH.Hf/c1-3-5-19-26(18-4-2,20-12-6-7-13-20)25-23-16-10-8-14-21(23)22-15-9-11-17-24(22)25;;;/h3,6-12,14-17,25H,1,4-5,13,18-19H2,2H3;2*1H;/p-2. The van der Waals surface area contributed by atoms with Crippen LogP contribution in [0.25, 0.3) is 11.1 Å². The number of rotatable bonds is 7. The molecule has 0 saturated carbocycles. The molecule has 4 rings (SSSR count). The fraction of sp³-hybridized carbons (Fsp3) is 0.308. The van der Waals surface area contributed by atoms with E-state index >= 15 is 0 Å². The molecule has 2 aromatic rings. The molecule has 0 heterocycles. The summed E-state index contributed by atoms with van der Waals surface area (Å²) >= 11 is 0. The maximum atomic E-state index is 4.03. The minimum Gasteiger partial charge on any atom is -1.00 e. The van der Waals surface area contributed by atoms with Crippen LogP contribution in [0.3, 0.4) is 0 Å². The van der Waals surface area contributed by atoms with Crippen molar-refractivity contribution < 1.29 is 50.7 Å². The van der Waals surface area contributed by atoms with Gasteiger partial charge in [-0.15, -0.1) is 6.58 Å². The Kier molecular flexibility index (Phi) is 10.4. The van der Waals surface area contributed by atoms with Crippen molar-refractivity contribution in [1.82, 2.24) is 0 Å². The molecule has 0 saturated heterocycles. The molecule has 2 aliphatic carbocycles. The van der Waals surface area contributed by atoms with Crippen LogP contribution in [0, 0.1) is 5.41 Å². The Morgan fingerprint density at radius 1 is 0.966 bits per heavy atom. The van der Waals surface area contributed by atoms with E-state index in [4.69, 9.17) is 0 Å². The summed E-state index contributed by atoms with van der Waals surface area (Å²) in [6.07, 6.45) is 14.8. The predicted molar refractivity (Wildman–Crippen MR) is 112 cm³/mol. The Hall–Kier alpha value is -0.890. The van der Waals surface area contributed by atoms with Gasteiger partial charge in [-0.2, -0.15) is 0 Å². The molecule has 2 aliphatic rings. The molecule has 29 heavy (non-hydrogen) atoms. The Morgan fingerprint density at radius 2 is 1.55 bits per heavy atom. The summed E-state index contributed by atoms with van der Waals surface area (Å²) in [7, 11) is 0. The SMILES string of the molecule is C=CCCC(CCC)(C1=CC=CC1)C1c2ccccc2-c2ccccc21.[Cl-].[Cl-].[Hf]. The smallest absolute Gasteiger partial charge is 0.0196 e. The van der Waals surface area contributed by atoms with Crippen LogP contribution >= 0.6 is 0 Å². The maximum Gasteiger partial charge on any atom is 0.0196 e. The van der Waals surface area contributed by atoms with Gasteiger partial charge in [0.2, 0.25) is 0 Å². The van der Waals surface area contributed by atoms with E-state index in [1.807, 2.05) is 0 Å². The first kappa shape index (κ1) is 26.1. The van der Waals surface area contributed by atoms with E-state index in [1.165, 1.54) is 41.5 Å². The molecular formula is C26H28Cl2Hf-2. The normalized spacial score (nSPS) is 15.7. The molecular weight excluding hydrogens is 562 g/mol. The van der Waals surface area contributed by atoms with E-state index in [-0.39, 0.29) is 56.1 Å². The fourth-order valence-corrected chi connectivity index (χ4v) is 5.29. The summed E-state index contributed by atoms with van der Waals surface area (Å²) in [5.74, 6) is 0.445. The second-order valence-electron chi connectivity index (χ2n) is 7.67. The monoisotopic (exact) mass is 590 g/mol. The summed E-state index contributed by atoms with van der Waals surface area (Å²) in [6.45, 7) is 6.36. The molecule has 3 heteroatoms. The van der Waals surface area contributed by atoms with Gasteiger partial charge in [0.1, 0.15) is 0 Å². The first-order valence-corrected chi connectivity index (χ1v) is 9.97. The molecule has 0 aromatic heterocycles. The van der Waals surface area contributed by atoms with Crippen molar-refractivity contribution in [1.29, 1.82) is 0 Å². The Labute approximate surface area is 207 Å². The van der Waals surface area contributed by atoms with Crippen molar-refractivity contribution in [2.45, 2.75) is 44.9 Å². The van der Waals surface area contributed by atoms with Gasteiger partial charge in [0.25, 0.3) is 0 Å². The van der Waals surface area contributed by atoms with Gasteiger partial charge in [-0.1, -0.05) is 91.8 Å². The average molecular weight is 590 g/mol. The van der Waals surface area contributed by atoms with Crippen LogP contribution in [0.1, 0.15) is 56.1 Å². The number of halogens is 2. The van der Waals surface area contributed by atoms with Crippen molar-refractivity contribution in [3.8, 4) is 11.1 Å². The van der Waals surface area contributed by atoms with Crippen molar-refractivity contribution in [3.63, 3.8) is 0 Å². The number of allylic oxidation sites excluding steroid dienone is 5. The van der Waals surface area contributed by atoms with Crippen LogP contribution in [0.4, 0.5) is 0 Å². The Balaban J connectivity index is 0.00000140. The number of benzene rings is 2. The second kappa shape index (κ2) is 11.5. The summed E-state index contributed by atoms with van der Waals surface area (Å²) < 4.78 is 0. The molecule has 1 atom stereocenters. The molecule has 0 radical (unpaired) electrons. The molecule has 0 aliphatic heterocycles. The van der Waals surface area contributed by atoms with Gasteiger partial charge in [-0.3, -0.25) is 0 Å². The van der Waals surface area contributed by atoms with Crippen molar-refractivity contribution in [3.05, 3.63) is 96.1 Å². The second-order valence-corrected chi connectivity index (χ2v) is 7.67. The van der Waals surface area contributed by atoms with Crippen molar-refractivity contribution in [2.24, 2.45) is 5.41 Å². The van der Waals surface area contributed by atoms with Crippen molar-refractivity contribution in [2.75, 3.05) is 0 Å². The van der Waals surface area contributed by atoms with Crippen LogP contribution in [0.5, 0.6) is 0 Å². The third-order valence-electron chi connectivity index (χ3n) is 6.29. The molecule has 0 N–H and O–H groups in total. The van der Waals surface area contributed by atoms with Gasteiger partial charge >= 0.3 is 0 Å². The zero-order valence-electron chi connectivity index (χ0n) is 17.0. The Morgan fingerprint density at radius 3 is 2.03 bits per heavy atom. The van der Waals surface area contributed by atoms with E-state index in [0.717, 1.165) is 12.8 Å². The van der Waals surface area contributed by atoms with E-state index in [1.54, 1.807) is 5.57 Å². The van der Waals surface area contributed by atoms with Crippen LogP contribution in [0.2, 0.25) is 0 Å². The number of hydrogen-bond donors (Lipinski definition) is 0. The van der Waals surface area contributed by atoms with E-state index in [2.05, 4.69) is 86.3 Å². The molecule has 0 spiro atoms. The first-order valence-electron chi connectivity index (χ1n) is 9.97. The molecule has 152 valence electrons. The van der Waals surface area contributed by atoms with Gasteiger partial charge in [0.05, 0.1) is 0 Å². The van der Waals surface area contributed by atoms with Crippen LogP contribution < -0.4 is 24.8 Å². The van der Waals surface area contributed by atoms with Gasteiger partial charge in [-0.25, -0.2) is 0 Å². The molecule has 0 bridgehead atoms. The Bertz CT molecular complexity index is 838. The number of fused-ring (bicyclic) bond motifs is 3. The first-order chi connectivity index (χ1) is 12.8. The van der Waals surface area contributed by atoms with E-state index in [0.29, 0.717) is 5.92 Å². The van der Waals surface area contributed by atoms with E-state index in [9.17, 15) is 0 Å². The summed E-state index contributed by atoms with van der Waals surface area (Å²) in [5, 5.41) is 0. The largest absolute Gasteiger partial charge is 1.00 e. The minimum absolute atomic E-state index is 0. The van der Waals surface area contributed by atoms with Crippen LogP contribution in [-0.4, -0.2) is 0 Å². The topological polar surface area (TPSA) is 0 Å². The summed E-state index contributed by atoms with van der Waals surface area (Å²) in [6, 6.07) is 18.1. The average Bonchev–Trinajstić information content (AvgIpc) is 3.32. The summed E-state index contributed by atoms with van der Waals surface area (Å²) in [5.41, 5.74) is 7.67. The van der Waals surface area contributed by atoms with Gasteiger partial charge < -0.3 is 24.8 Å². The number of hydrogen-bond acceptors (Lipinski definition) is 0. The van der Waals surface area contributed by atoms with Gasteiger partial charge in [0, 0.05) is 37.2 Å². The zero-order valence-corrected chi connectivity index (χ0v) is 22.1. The summed E-state index contributed by atoms with van der Waals surface area (Å²) in [4.78, 5) is 0. The molecule has 2 aromatic carbocycles. The molecule has 1 unspecified atom stereocenters. The van der Waals surface area contributed by atoms with Crippen molar-refractivity contribution >= 4 is 0 Å². The van der Waals surface area contributed by atoms with E-state index < -0.39 is 0 Å². The van der Waals surface area contributed by atoms with Crippen LogP contribution in [-0.2, 0) is 25.8 Å². The third kappa shape index (κ3) is 4.58. The molecule has 0 amide bonds.